The molecular formula is C12H22N2O3. The lowest BCUT2D eigenvalue weighted by molar-refractivity contribution is -0.141. The van der Waals surface area contributed by atoms with Crippen LogP contribution in [-0.2, 0) is 4.79 Å². The maximum absolute atomic E-state index is 11.5. The second-order valence-electron chi connectivity index (χ2n) is 4.14. The fourth-order valence-corrected chi connectivity index (χ4v) is 1.32. The van der Waals surface area contributed by atoms with Crippen LogP contribution in [0.3, 0.4) is 0 Å². The molecular weight excluding hydrogens is 220 g/mol. The van der Waals surface area contributed by atoms with E-state index in [-0.39, 0.29) is 12.6 Å². The van der Waals surface area contributed by atoms with Gasteiger partial charge < -0.3 is 15.3 Å². The van der Waals surface area contributed by atoms with Crippen LogP contribution < -0.4 is 5.32 Å². The quantitative estimate of drug-likeness (QED) is 0.503. The molecule has 0 heterocycles. The average molecular weight is 242 g/mol. The van der Waals surface area contributed by atoms with Crippen molar-refractivity contribution in [1.29, 1.82) is 0 Å². The van der Waals surface area contributed by atoms with Gasteiger partial charge in [-0.25, -0.2) is 4.79 Å². The number of allylic oxidation sites excluding steroid dienone is 1. The minimum absolute atomic E-state index is 0.216. The van der Waals surface area contributed by atoms with Gasteiger partial charge in [0.15, 0.2) is 0 Å². The van der Waals surface area contributed by atoms with Gasteiger partial charge in [0.25, 0.3) is 0 Å². The number of urea groups is 1. The molecule has 1 unspecified atom stereocenters. The minimum Gasteiger partial charge on any atom is -0.481 e. The van der Waals surface area contributed by atoms with Crippen LogP contribution in [0.4, 0.5) is 4.79 Å². The molecule has 0 aliphatic heterocycles. The maximum Gasteiger partial charge on any atom is 0.317 e. The summed E-state index contributed by atoms with van der Waals surface area (Å²) in [5.41, 5.74) is 0. The van der Waals surface area contributed by atoms with E-state index in [2.05, 4.69) is 11.9 Å². The van der Waals surface area contributed by atoms with Gasteiger partial charge in [-0.15, -0.1) is 6.58 Å². The summed E-state index contributed by atoms with van der Waals surface area (Å²) in [6.45, 7) is 6.02. The van der Waals surface area contributed by atoms with Crippen LogP contribution in [0.2, 0.25) is 0 Å². The number of carboxylic acids is 1. The van der Waals surface area contributed by atoms with Gasteiger partial charge in [0, 0.05) is 20.1 Å². The first-order valence-electron chi connectivity index (χ1n) is 5.81. The largest absolute Gasteiger partial charge is 0.481 e. The van der Waals surface area contributed by atoms with Crippen LogP contribution >= 0.6 is 0 Å². The molecule has 0 fully saturated rings. The highest BCUT2D eigenvalue weighted by Crippen LogP contribution is 1.99. The van der Waals surface area contributed by atoms with E-state index in [0.29, 0.717) is 6.54 Å². The molecule has 0 saturated heterocycles. The Morgan fingerprint density at radius 3 is 2.65 bits per heavy atom. The molecule has 0 radical (unpaired) electrons. The number of nitrogens with one attached hydrogen (secondary N) is 1. The smallest absolute Gasteiger partial charge is 0.317 e. The molecule has 0 bridgehead atoms. The normalized spacial score (nSPS) is 11.6. The predicted molar refractivity (Wildman–Crippen MR) is 66.9 cm³/mol. The molecule has 5 heteroatoms. The van der Waals surface area contributed by atoms with Gasteiger partial charge in [0.2, 0.25) is 0 Å². The summed E-state index contributed by atoms with van der Waals surface area (Å²) in [6.07, 6.45) is 4.70. The Balaban J connectivity index is 3.74. The second kappa shape index (κ2) is 8.61. The van der Waals surface area contributed by atoms with Crippen molar-refractivity contribution in [3.8, 4) is 0 Å². The van der Waals surface area contributed by atoms with Gasteiger partial charge >= 0.3 is 12.0 Å². The molecule has 2 amide bonds. The van der Waals surface area contributed by atoms with E-state index < -0.39 is 11.9 Å². The second-order valence-corrected chi connectivity index (χ2v) is 4.14. The number of carboxylic acid groups (broad SMARTS) is 1. The summed E-state index contributed by atoms with van der Waals surface area (Å²) in [5, 5.41) is 11.5. The van der Waals surface area contributed by atoms with E-state index in [0.717, 1.165) is 19.3 Å². The molecule has 0 aromatic carbocycles. The Hall–Kier alpha value is -1.52. The van der Waals surface area contributed by atoms with Crippen molar-refractivity contribution >= 4 is 12.0 Å². The van der Waals surface area contributed by atoms with Crippen molar-refractivity contribution in [1.82, 2.24) is 10.2 Å². The zero-order valence-corrected chi connectivity index (χ0v) is 10.6. The highest BCUT2D eigenvalue weighted by atomic mass is 16.4. The van der Waals surface area contributed by atoms with Crippen LogP contribution in [0.5, 0.6) is 0 Å². The topological polar surface area (TPSA) is 69.6 Å². The number of rotatable bonds is 8. The minimum atomic E-state index is -0.893. The number of carbonyl (C=O) groups excluding carboxylic acids is 1. The number of nitrogens with zero attached hydrogens (tertiary/aromatic N) is 1. The van der Waals surface area contributed by atoms with Crippen LogP contribution in [0.1, 0.15) is 26.2 Å². The average Bonchev–Trinajstić information content (AvgIpc) is 2.28. The van der Waals surface area contributed by atoms with E-state index in [1.54, 1.807) is 14.0 Å². The Labute approximate surface area is 102 Å². The van der Waals surface area contributed by atoms with Crippen LogP contribution in [-0.4, -0.2) is 42.1 Å². The number of carbonyl (C=O) groups is 2. The first kappa shape index (κ1) is 15.5. The van der Waals surface area contributed by atoms with Crippen molar-refractivity contribution in [2.24, 2.45) is 5.92 Å². The Morgan fingerprint density at radius 1 is 1.47 bits per heavy atom. The highest BCUT2D eigenvalue weighted by molar-refractivity contribution is 5.75. The monoisotopic (exact) mass is 242 g/mol. The molecule has 5 nitrogen and oxygen atoms in total. The van der Waals surface area contributed by atoms with Crippen LogP contribution in [0.15, 0.2) is 12.7 Å². The molecule has 0 aromatic rings. The Morgan fingerprint density at radius 2 is 2.12 bits per heavy atom. The molecule has 0 rings (SSSR count). The third kappa shape index (κ3) is 7.38. The fourth-order valence-electron chi connectivity index (χ4n) is 1.32. The zero-order valence-electron chi connectivity index (χ0n) is 10.6. The number of hydrogen-bond acceptors (Lipinski definition) is 2. The van der Waals surface area contributed by atoms with Gasteiger partial charge in [-0.1, -0.05) is 13.0 Å². The lowest BCUT2D eigenvalue weighted by Crippen LogP contribution is -2.41. The third-order valence-electron chi connectivity index (χ3n) is 2.43. The van der Waals surface area contributed by atoms with Gasteiger partial charge in [-0.2, -0.15) is 0 Å². The molecule has 0 saturated carbocycles. The van der Waals surface area contributed by atoms with Crippen molar-refractivity contribution in [2.75, 3.05) is 20.1 Å². The fraction of sp³-hybridized carbons (Fsp3) is 0.667. The summed E-state index contributed by atoms with van der Waals surface area (Å²) in [4.78, 5) is 23.6. The van der Waals surface area contributed by atoms with Crippen molar-refractivity contribution in [2.45, 2.75) is 26.2 Å². The summed E-state index contributed by atoms with van der Waals surface area (Å²) in [6, 6.07) is -0.225. The first-order chi connectivity index (χ1) is 7.99. The molecule has 1 atom stereocenters. The van der Waals surface area contributed by atoms with E-state index in [4.69, 9.17) is 5.11 Å². The molecule has 2 N–H and O–H groups in total. The number of amides is 2. The van der Waals surface area contributed by atoms with Crippen molar-refractivity contribution in [3.05, 3.63) is 12.7 Å². The van der Waals surface area contributed by atoms with E-state index in [9.17, 15) is 9.59 Å². The third-order valence-corrected chi connectivity index (χ3v) is 2.43. The van der Waals surface area contributed by atoms with E-state index >= 15 is 0 Å². The predicted octanol–water partition coefficient (Wildman–Crippen LogP) is 1.70. The molecule has 0 aliphatic carbocycles. The number of unbranched alkanes of at least 4 members (excludes halogenated alkanes) is 2. The summed E-state index contributed by atoms with van der Waals surface area (Å²) < 4.78 is 0. The van der Waals surface area contributed by atoms with Crippen molar-refractivity contribution in [3.63, 3.8) is 0 Å². The highest BCUT2D eigenvalue weighted by Gasteiger charge is 2.16. The number of hydrogen-bond donors (Lipinski definition) is 2. The maximum atomic E-state index is 11.5. The Bertz CT molecular complexity index is 266. The van der Waals surface area contributed by atoms with E-state index in [1.807, 2.05) is 6.08 Å². The summed E-state index contributed by atoms with van der Waals surface area (Å²) >= 11 is 0. The van der Waals surface area contributed by atoms with Gasteiger partial charge in [0.05, 0.1) is 5.92 Å². The molecule has 98 valence electrons. The lowest BCUT2D eigenvalue weighted by Gasteiger charge is -2.19. The first-order valence-corrected chi connectivity index (χ1v) is 5.81. The molecule has 17 heavy (non-hydrogen) atoms. The Kier molecular flexibility index (Phi) is 7.84. The van der Waals surface area contributed by atoms with Crippen molar-refractivity contribution < 1.29 is 14.7 Å². The van der Waals surface area contributed by atoms with Crippen LogP contribution in [0.25, 0.3) is 0 Å². The molecule has 0 spiro atoms. The zero-order chi connectivity index (χ0) is 13.3. The summed E-state index contributed by atoms with van der Waals surface area (Å²) in [5.74, 6) is -1.44. The van der Waals surface area contributed by atoms with Crippen LogP contribution in [0, 0.1) is 5.92 Å². The standard InChI is InChI=1S/C12H22N2O3/c1-4-5-6-7-8-13-12(17)14(3)9-10(2)11(15)16/h4,10H,1,5-9H2,2-3H3,(H,13,17)(H,15,16). The summed E-state index contributed by atoms with van der Waals surface area (Å²) in [7, 11) is 1.60. The van der Waals surface area contributed by atoms with Gasteiger partial charge in [0.1, 0.15) is 0 Å². The molecule has 0 aliphatic rings. The van der Waals surface area contributed by atoms with E-state index in [1.165, 1.54) is 4.90 Å². The SMILES string of the molecule is C=CCCCCNC(=O)N(C)CC(C)C(=O)O. The van der Waals surface area contributed by atoms with Gasteiger partial charge in [-0.3, -0.25) is 4.79 Å². The lowest BCUT2D eigenvalue weighted by atomic mass is 10.2. The van der Waals surface area contributed by atoms with Gasteiger partial charge in [-0.05, 0) is 19.3 Å². The number of aliphatic carboxylic acids is 1. The molecule has 0 aromatic heterocycles.